The van der Waals surface area contributed by atoms with E-state index in [9.17, 15) is 89.3 Å². The van der Waals surface area contributed by atoms with Crippen LogP contribution in [0.5, 0.6) is 0 Å². The minimum absolute atomic E-state index is 0.111. The van der Waals surface area contributed by atoms with Crippen molar-refractivity contribution < 1.29 is 94.3 Å². The zero-order valence-electron chi connectivity index (χ0n) is 19.1. The summed E-state index contributed by atoms with van der Waals surface area (Å²) >= 11 is 0. The second-order valence-electron chi connectivity index (χ2n) is 8.30. The van der Waals surface area contributed by atoms with E-state index in [4.69, 9.17) is 5.11 Å². The summed E-state index contributed by atoms with van der Waals surface area (Å²) in [7, 11) is 0. The molecule has 0 aliphatic carbocycles. The molecule has 3 N–H and O–H groups in total. The molecule has 42 heavy (non-hydrogen) atoms. The van der Waals surface area contributed by atoms with Crippen LogP contribution in [0.15, 0.2) is 21.9 Å². The molecule has 0 spiro atoms. The smallest absolute Gasteiger partial charge is 0.394 e. The molecule has 0 saturated carbocycles. The van der Waals surface area contributed by atoms with E-state index in [0.717, 1.165) is 0 Å². The normalized spacial score (nSPS) is 23.9. The second kappa shape index (κ2) is 10.2. The lowest BCUT2D eigenvalue weighted by atomic mass is 9.90. The number of rotatable bonds is 10. The Labute approximate surface area is 217 Å². The summed E-state index contributed by atoms with van der Waals surface area (Å²) < 4.78 is 236. The third-order valence-electron chi connectivity index (χ3n) is 5.60. The van der Waals surface area contributed by atoms with Gasteiger partial charge in [0.2, 0.25) is 0 Å². The van der Waals surface area contributed by atoms with Crippen molar-refractivity contribution in [1.29, 1.82) is 0 Å². The Morgan fingerprint density at radius 2 is 1.19 bits per heavy atom. The van der Waals surface area contributed by atoms with Crippen LogP contribution < -0.4 is 11.2 Å². The summed E-state index contributed by atoms with van der Waals surface area (Å²) in [4.78, 5) is 24.4. The highest BCUT2D eigenvalue weighted by atomic mass is 19.4. The molecule has 4 atom stereocenters. The fraction of sp³-hybridized carbons (Fsp3) is 0.765. The van der Waals surface area contributed by atoms with Gasteiger partial charge in [-0.15, -0.1) is 0 Å². The Hall–Kier alpha value is -2.67. The van der Waals surface area contributed by atoms with E-state index in [0.29, 0.717) is 6.07 Å². The van der Waals surface area contributed by atoms with Gasteiger partial charge in [-0.3, -0.25) is 14.3 Å². The van der Waals surface area contributed by atoms with Crippen LogP contribution in [0.3, 0.4) is 0 Å². The standard InChI is InChI=1S/C17H11F17N2O6/c18-10(19,12(22,23)14(26,27)16(30,31)32)11(20,21)13(24,25)15(28,29)17(33,34)42-7-6(39)4(3-37)41-8(7)36-2-1-5(38)35-9(36)40/h1-2,4,6-8,37,39H,3H2,(H,35,38,40). The monoisotopic (exact) mass is 662 g/mol. The molecular formula is C17H11F17N2O6. The number of aromatic nitrogens is 2. The van der Waals surface area contributed by atoms with Crippen LogP contribution in [-0.4, -0.2) is 92.5 Å². The molecule has 2 rings (SSSR count). The molecule has 8 nitrogen and oxygen atoms in total. The molecule has 0 bridgehead atoms. The minimum Gasteiger partial charge on any atom is -0.394 e. The average molecular weight is 662 g/mol. The first-order valence-corrected chi connectivity index (χ1v) is 10.1. The van der Waals surface area contributed by atoms with Gasteiger partial charge in [0, 0.05) is 12.3 Å². The molecule has 1 aromatic heterocycles. The largest absolute Gasteiger partial charge is 0.460 e. The van der Waals surface area contributed by atoms with Crippen LogP contribution in [-0.2, 0) is 9.47 Å². The molecule has 1 aliphatic rings. The average Bonchev–Trinajstić information content (AvgIpc) is 3.12. The van der Waals surface area contributed by atoms with Crippen LogP contribution in [0, 0.1) is 0 Å². The van der Waals surface area contributed by atoms with Gasteiger partial charge in [0.1, 0.15) is 18.3 Å². The SMILES string of the molecule is O=c1ccn(C2OC(CO)C(O)C2OC(F)(F)C(F)(F)C(F)(F)C(F)(F)C(F)(F)C(F)(F)C(F)(F)C(F)(F)F)c(=O)[nH]1. The molecule has 1 fully saturated rings. The van der Waals surface area contributed by atoms with E-state index >= 15 is 0 Å². The maximum atomic E-state index is 14.3. The van der Waals surface area contributed by atoms with E-state index in [1.807, 2.05) is 0 Å². The first kappa shape index (κ1) is 35.5. The van der Waals surface area contributed by atoms with Crippen LogP contribution in [0.25, 0.3) is 0 Å². The summed E-state index contributed by atoms with van der Waals surface area (Å²) in [6.45, 7) is -1.49. The lowest BCUT2D eigenvalue weighted by molar-refractivity contribution is -0.481. The predicted octanol–water partition coefficient (Wildman–Crippen LogP) is 3.14. The second-order valence-corrected chi connectivity index (χ2v) is 8.30. The summed E-state index contributed by atoms with van der Waals surface area (Å²) in [5.74, 6) is -51.7. The maximum absolute atomic E-state index is 14.3. The van der Waals surface area contributed by atoms with Crippen molar-refractivity contribution in [3.05, 3.63) is 33.1 Å². The highest BCUT2D eigenvalue weighted by Crippen LogP contribution is 2.64. The van der Waals surface area contributed by atoms with Crippen molar-refractivity contribution in [2.75, 3.05) is 6.61 Å². The summed E-state index contributed by atoms with van der Waals surface area (Å²) in [5.41, 5.74) is -2.95. The fourth-order valence-electron chi connectivity index (χ4n) is 3.24. The van der Waals surface area contributed by atoms with Gasteiger partial charge in [-0.05, 0) is 0 Å². The number of hydrogen-bond acceptors (Lipinski definition) is 6. The number of aliphatic hydroxyl groups excluding tert-OH is 2. The Bertz CT molecular complexity index is 1260. The number of hydrogen-bond donors (Lipinski definition) is 3. The molecule has 0 aromatic carbocycles. The van der Waals surface area contributed by atoms with Gasteiger partial charge in [0.15, 0.2) is 6.23 Å². The quantitative estimate of drug-likeness (QED) is 0.332. The van der Waals surface area contributed by atoms with E-state index in [1.165, 1.54) is 4.98 Å². The maximum Gasteiger partial charge on any atom is 0.460 e. The Morgan fingerprint density at radius 1 is 0.762 bits per heavy atom. The number of aliphatic hydroxyl groups is 2. The van der Waals surface area contributed by atoms with Gasteiger partial charge in [0.25, 0.3) is 5.56 Å². The Balaban J connectivity index is 2.61. The number of alkyl halides is 17. The molecule has 4 unspecified atom stereocenters. The van der Waals surface area contributed by atoms with E-state index in [-0.39, 0.29) is 10.8 Å². The molecule has 1 saturated heterocycles. The first-order valence-electron chi connectivity index (χ1n) is 10.1. The van der Waals surface area contributed by atoms with Crippen LogP contribution >= 0.6 is 0 Å². The molecule has 2 heterocycles. The lowest BCUT2D eigenvalue weighted by Crippen LogP contribution is -2.74. The van der Waals surface area contributed by atoms with Crippen LogP contribution in [0.4, 0.5) is 74.6 Å². The molecule has 0 amide bonds. The van der Waals surface area contributed by atoms with Gasteiger partial charge >= 0.3 is 53.5 Å². The van der Waals surface area contributed by atoms with E-state index < -0.39 is 90.2 Å². The molecule has 244 valence electrons. The number of halogens is 17. The molecule has 1 aliphatic heterocycles. The van der Waals surface area contributed by atoms with Crippen molar-refractivity contribution in [2.45, 2.75) is 72.4 Å². The highest BCUT2D eigenvalue weighted by Gasteiger charge is 2.95. The van der Waals surface area contributed by atoms with Crippen molar-refractivity contribution in [3.8, 4) is 0 Å². The first-order chi connectivity index (χ1) is 18.5. The highest BCUT2D eigenvalue weighted by molar-refractivity contribution is 5.14. The zero-order valence-corrected chi connectivity index (χ0v) is 19.1. The summed E-state index contributed by atoms with van der Waals surface area (Å²) in [6, 6.07) is 0.376. The topological polar surface area (TPSA) is 114 Å². The number of ether oxygens (including phenoxy) is 2. The minimum atomic E-state index is -8.86. The number of H-pyrrole nitrogens is 1. The zero-order chi connectivity index (χ0) is 33.3. The summed E-state index contributed by atoms with van der Waals surface area (Å²) in [5, 5.41) is 19.0. The van der Waals surface area contributed by atoms with Crippen molar-refractivity contribution in [2.24, 2.45) is 0 Å². The van der Waals surface area contributed by atoms with Gasteiger partial charge < -0.3 is 19.7 Å². The van der Waals surface area contributed by atoms with E-state index in [1.54, 1.807) is 0 Å². The van der Waals surface area contributed by atoms with Crippen LogP contribution in [0.1, 0.15) is 6.23 Å². The van der Waals surface area contributed by atoms with Crippen molar-refractivity contribution in [3.63, 3.8) is 0 Å². The van der Waals surface area contributed by atoms with Crippen molar-refractivity contribution in [1.82, 2.24) is 9.55 Å². The number of nitrogens with one attached hydrogen (secondary N) is 1. The van der Waals surface area contributed by atoms with Gasteiger partial charge in [0.05, 0.1) is 6.61 Å². The molecule has 25 heteroatoms. The molecule has 1 aromatic rings. The summed E-state index contributed by atoms with van der Waals surface area (Å²) in [6.07, 6.45) is -26.3. The van der Waals surface area contributed by atoms with Gasteiger partial charge in [-0.25, -0.2) is 4.79 Å². The van der Waals surface area contributed by atoms with Crippen LogP contribution in [0.2, 0.25) is 0 Å². The van der Waals surface area contributed by atoms with Gasteiger partial charge in [-0.2, -0.15) is 74.6 Å². The predicted molar refractivity (Wildman–Crippen MR) is 93.9 cm³/mol. The lowest BCUT2D eigenvalue weighted by Gasteiger charge is -2.43. The third kappa shape index (κ3) is 4.89. The Kier molecular flexibility index (Phi) is 8.64. The van der Waals surface area contributed by atoms with E-state index in [2.05, 4.69) is 9.47 Å². The molecule has 0 radical (unpaired) electrons. The third-order valence-corrected chi connectivity index (χ3v) is 5.60. The van der Waals surface area contributed by atoms with Gasteiger partial charge in [-0.1, -0.05) is 0 Å². The molecular weight excluding hydrogens is 651 g/mol. The number of nitrogens with zero attached hydrogens (tertiary/aromatic N) is 1. The van der Waals surface area contributed by atoms with Crippen molar-refractivity contribution >= 4 is 0 Å². The fourth-order valence-corrected chi connectivity index (χ4v) is 3.24. The number of aromatic amines is 1. The Morgan fingerprint density at radius 3 is 1.60 bits per heavy atom.